The fourth-order valence-corrected chi connectivity index (χ4v) is 3.25. The van der Waals surface area contributed by atoms with E-state index in [1.807, 2.05) is 0 Å². The summed E-state index contributed by atoms with van der Waals surface area (Å²) >= 11 is 0.765. The highest BCUT2D eigenvalue weighted by atomic mass is 32.2. The Labute approximate surface area is 157 Å². The van der Waals surface area contributed by atoms with Gasteiger partial charge in [-0.15, -0.1) is 6.42 Å². The van der Waals surface area contributed by atoms with Gasteiger partial charge in [-0.05, 0) is 30.0 Å². The Morgan fingerprint density at radius 1 is 1.37 bits per heavy atom. The Morgan fingerprint density at radius 3 is 2.81 bits per heavy atom. The lowest BCUT2D eigenvalue weighted by molar-refractivity contribution is -0.384. The predicted octanol–water partition coefficient (Wildman–Crippen LogP) is 3.53. The number of thioether (sulfide) groups is 1. The van der Waals surface area contributed by atoms with Crippen LogP contribution < -0.4 is 4.74 Å². The van der Waals surface area contributed by atoms with E-state index >= 15 is 0 Å². The van der Waals surface area contributed by atoms with E-state index in [1.54, 1.807) is 12.1 Å². The molecule has 0 atom stereocenters. The molecule has 0 unspecified atom stereocenters. The normalized spacial score (nSPS) is 15.3. The van der Waals surface area contributed by atoms with Gasteiger partial charge in [0.25, 0.3) is 16.8 Å². The van der Waals surface area contributed by atoms with Gasteiger partial charge in [-0.1, -0.05) is 5.92 Å². The molecule has 3 rings (SSSR count). The van der Waals surface area contributed by atoms with Gasteiger partial charge in [0.15, 0.2) is 0 Å². The maximum Gasteiger partial charge on any atom is 0.294 e. The first-order valence-electron chi connectivity index (χ1n) is 7.56. The number of hydrogen-bond donors (Lipinski definition) is 0. The van der Waals surface area contributed by atoms with Gasteiger partial charge < -0.3 is 9.15 Å². The van der Waals surface area contributed by atoms with Gasteiger partial charge in [0.1, 0.15) is 17.3 Å². The summed E-state index contributed by atoms with van der Waals surface area (Å²) in [6.45, 7) is -0.101. The molecule has 27 heavy (non-hydrogen) atoms. The van der Waals surface area contributed by atoms with Crippen LogP contribution >= 0.6 is 11.8 Å². The molecule has 1 aliphatic heterocycles. The lowest BCUT2D eigenvalue weighted by Crippen LogP contribution is -2.28. The number of methoxy groups -OCH3 is 1. The van der Waals surface area contributed by atoms with Crippen molar-refractivity contribution in [2.24, 2.45) is 0 Å². The molecular formula is C18H12N2O6S. The first kappa shape index (κ1) is 18.3. The van der Waals surface area contributed by atoms with Crippen LogP contribution in [0.2, 0.25) is 0 Å². The Hall–Kier alpha value is -3.51. The van der Waals surface area contributed by atoms with E-state index in [0.717, 1.165) is 16.7 Å². The summed E-state index contributed by atoms with van der Waals surface area (Å²) < 4.78 is 10.9. The van der Waals surface area contributed by atoms with Gasteiger partial charge in [-0.2, -0.15) is 0 Å². The molecule has 1 fully saturated rings. The number of amides is 2. The summed E-state index contributed by atoms with van der Waals surface area (Å²) in [6.07, 6.45) is 6.58. The molecule has 0 aliphatic carbocycles. The molecule has 0 radical (unpaired) electrons. The number of nitro benzene ring substituents is 1. The fourth-order valence-electron chi connectivity index (χ4n) is 2.43. The summed E-state index contributed by atoms with van der Waals surface area (Å²) in [7, 11) is 1.44. The van der Waals surface area contributed by atoms with Crippen LogP contribution in [0, 0.1) is 22.5 Å². The highest BCUT2D eigenvalue weighted by Crippen LogP contribution is 2.36. The minimum Gasteiger partial charge on any atom is -0.496 e. The van der Waals surface area contributed by atoms with Crippen LogP contribution in [0.1, 0.15) is 5.76 Å². The van der Waals surface area contributed by atoms with E-state index in [1.165, 1.54) is 31.4 Å². The van der Waals surface area contributed by atoms with Crippen molar-refractivity contribution in [1.82, 2.24) is 4.90 Å². The van der Waals surface area contributed by atoms with Crippen molar-refractivity contribution in [3.8, 4) is 29.4 Å². The van der Waals surface area contributed by atoms with Crippen molar-refractivity contribution >= 4 is 34.7 Å². The van der Waals surface area contributed by atoms with E-state index in [0.29, 0.717) is 22.8 Å². The quantitative estimate of drug-likeness (QED) is 0.336. The number of imide groups is 1. The number of nitro groups is 1. The van der Waals surface area contributed by atoms with Crippen LogP contribution in [0.25, 0.3) is 17.4 Å². The largest absolute Gasteiger partial charge is 0.496 e. The number of carbonyl (C=O) groups excluding carboxylic acids is 2. The van der Waals surface area contributed by atoms with Gasteiger partial charge in [0, 0.05) is 18.2 Å². The smallest absolute Gasteiger partial charge is 0.294 e. The number of nitrogens with zero attached hydrogens (tertiary/aromatic N) is 2. The predicted molar refractivity (Wildman–Crippen MR) is 98.9 cm³/mol. The summed E-state index contributed by atoms with van der Waals surface area (Å²) in [5, 5.41) is 10.6. The third-order valence-corrected chi connectivity index (χ3v) is 4.59. The first-order chi connectivity index (χ1) is 12.9. The maximum absolute atomic E-state index is 12.2. The summed E-state index contributed by atoms with van der Waals surface area (Å²) in [4.78, 5) is 35.6. The van der Waals surface area contributed by atoms with Crippen LogP contribution in [-0.4, -0.2) is 34.6 Å². The zero-order valence-electron chi connectivity index (χ0n) is 14.0. The molecule has 136 valence electrons. The first-order valence-corrected chi connectivity index (χ1v) is 8.37. The SMILES string of the molecule is C#CCN1C(=O)S/C(=C/c2ccc(-c3cc([N+](=O)[O-])ccc3OC)o2)C1=O. The van der Waals surface area contributed by atoms with Crippen molar-refractivity contribution in [3.63, 3.8) is 0 Å². The minimum absolute atomic E-state index is 0.101. The molecule has 1 aromatic heterocycles. The van der Waals surface area contributed by atoms with Crippen LogP contribution in [0.15, 0.2) is 39.7 Å². The number of rotatable bonds is 5. The van der Waals surface area contributed by atoms with Crippen molar-refractivity contribution in [3.05, 3.63) is 51.1 Å². The number of hydrogen-bond acceptors (Lipinski definition) is 7. The van der Waals surface area contributed by atoms with Crippen LogP contribution in [-0.2, 0) is 4.79 Å². The molecule has 0 bridgehead atoms. The van der Waals surface area contributed by atoms with Gasteiger partial charge in [0.2, 0.25) is 0 Å². The monoisotopic (exact) mass is 384 g/mol. The van der Waals surface area contributed by atoms with E-state index in [9.17, 15) is 19.7 Å². The average molecular weight is 384 g/mol. The van der Waals surface area contributed by atoms with E-state index in [2.05, 4.69) is 5.92 Å². The molecule has 0 spiro atoms. The molecule has 0 saturated carbocycles. The Morgan fingerprint density at radius 2 is 2.15 bits per heavy atom. The zero-order valence-corrected chi connectivity index (χ0v) is 14.8. The van der Waals surface area contributed by atoms with Gasteiger partial charge in [-0.25, -0.2) is 0 Å². The van der Waals surface area contributed by atoms with Crippen LogP contribution in [0.3, 0.4) is 0 Å². The Balaban J connectivity index is 1.93. The molecular weight excluding hydrogens is 372 g/mol. The molecule has 8 nitrogen and oxygen atoms in total. The van der Waals surface area contributed by atoms with E-state index < -0.39 is 16.1 Å². The van der Waals surface area contributed by atoms with Crippen molar-refractivity contribution < 1.29 is 23.7 Å². The second-order valence-corrected chi connectivity index (χ2v) is 6.31. The molecule has 1 aromatic carbocycles. The van der Waals surface area contributed by atoms with Crippen molar-refractivity contribution in [2.75, 3.05) is 13.7 Å². The highest BCUT2D eigenvalue weighted by molar-refractivity contribution is 8.18. The highest BCUT2D eigenvalue weighted by Gasteiger charge is 2.34. The summed E-state index contributed by atoms with van der Waals surface area (Å²) in [5.41, 5.74) is 0.283. The molecule has 9 heteroatoms. The number of terminal acetylenes is 1. The number of non-ortho nitro benzene ring substituents is 1. The maximum atomic E-state index is 12.2. The number of carbonyl (C=O) groups is 2. The summed E-state index contributed by atoms with van der Waals surface area (Å²) in [6, 6.07) is 7.32. The van der Waals surface area contributed by atoms with Gasteiger partial charge in [0.05, 0.1) is 29.0 Å². The average Bonchev–Trinajstić information content (AvgIpc) is 3.22. The lowest BCUT2D eigenvalue weighted by Gasteiger charge is -2.06. The zero-order chi connectivity index (χ0) is 19.6. The van der Waals surface area contributed by atoms with E-state index in [4.69, 9.17) is 15.6 Å². The Bertz CT molecular complexity index is 1020. The molecule has 2 heterocycles. The molecule has 2 amide bonds. The number of furan rings is 1. The third-order valence-electron chi connectivity index (χ3n) is 3.68. The topological polar surface area (TPSA) is 103 Å². The second kappa shape index (κ2) is 7.39. The Kier molecular flexibility index (Phi) is 5.00. The lowest BCUT2D eigenvalue weighted by atomic mass is 10.1. The molecule has 1 saturated heterocycles. The van der Waals surface area contributed by atoms with Crippen LogP contribution in [0.5, 0.6) is 5.75 Å². The molecule has 2 aromatic rings. The van der Waals surface area contributed by atoms with Crippen LogP contribution in [0.4, 0.5) is 10.5 Å². The third kappa shape index (κ3) is 3.56. The number of ether oxygens (including phenoxy) is 1. The minimum atomic E-state index is -0.520. The fraction of sp³-hybridized carbons (Fsp3) is 0.111. The molecule has 1 aliphatic rings. The summed E-state index contributed by atoms with van der Waals surface area (Å²) in [5.74, 6) is 2.80. The molecule has 0 N–H and O–H groups in total. The number of benzene rings is 1. The van der Waals surface area contributed by atoms with Crippen molar-refractivity contribution in [2.45, 2.75) is 0 Å². The van der Waals surface area contributed by atoms with E-state index in [-0.39, 0.29) is 17.1 Å². The van der Waals surface area contributed by atoms with Gasteiger partial charge >= 0.3 is 0 Å². The second-order valence-electron chi connectivity index (χ2n) is 5.32. The van der Waals surface area contributed by atoms with Gasteiger partial charge in [-0.3, -0.25) is 24.6 Å². The van der Waals surface area contributed by atoms with Crippen molar-refractivity contribution in [1.29, 1.82) is 0 Å². The standard InChI is InChI=1S/C18H12N2O6S/c1-3-8-19-17(21)16(27-18(19)22)10-12-5-7-15(26-12)13-9-11(20(23)24)4-6-14(13)25-2/h1,4-7,9-10H,8H2,2H3/b16-10+.